The van der Waals surface area contributed by atoms with Gasteiger partial charge in [-0.15, -0.1) is 0 Å². The third-order valence-corrected chi connectivity index (χ3v) is 7.19. The van der Waals surface area contributed by atoms with Gasteiger partial charge in [-0.25, -0.2) is 0 Å². The minimum atomic E-state index is -0.0997. The Bertz CT molecular complexity index is 807. The van der Waals surface area contributed by atoms with Gasteiger partial charge in [-0.05, 0) is 57.7 Å². The van der Waals surface area contributed by atoms with Gasteiger partial charge < -0.3 is 24.2 Å². The number of carbonyl (C=O) groups is 2. The molecule has 3 heterocycles. The van der Waals surface area contributed by atoms with Crippen LogP contribution in [0.4, 0.5) is 0 Å². The van der Waals surface area contributed by atoms with Gasteiger partial charge in [0.25, 0.3) is 5.91 Å². The first-order valence-electron chi connectivity index (χ1n) is 12.0. The standard InChI is InChI=1S/C24H36N4O4/c1-31-21-11-10-20(22(25-21)32-2)24(30)27-14-6-9-19(17-27)28(23(29)18-7-5-8-18)16-15-26-12-3-4-13-26/h10-11,18-19H,3-9,12-17H2,1-2H3. The SMILES string of the molecule is COc1ccc(C(=O)N2CCCC(N(CCN3CCCC3)C(=O)C3CCC3)C2)c(OC)n1. The van der Waals surface area contributed by atoms with Crippen molar-refractivity contribution >= 4 is 11.8 Å². The van der Waals surface area contributed by atoms with Crippen molar-refractivity contribution in [2.45, 2.75) is 51.0 Å². The van der Waals surface area contributed by atoms with E-state index in [0.29, 0.717) is 30.4 Å². The summed E-state index contributed by atoms with van der Waals surface area (Å²) in [6.45, 7) is 5.19. The molecule has 2 aliphatic heterocycles. The Labute approximate surface area is 190 Å². The zero-order valence-electron chi connectivity index (χ0n) is 19.4. The molecule has 3 aliphatic rings. The Morgan fingerprint density at radius 1 is 1.03 bits per heavy atom. The summed E-state index contributed by atoms with van der Waals surface area (Å²) in [4.78, 5) is 37.3. The normalized spacial score (nSPS) is 21.8. The van der Waals surface area contributed by atoms with E-state index in [4.69, 9.17) is 9.47 Å². The Morgan fingerprint density at radius 3 is 2.47 bits per heavy atom. The molecule has 1 atom stereocenters. The van der Waals surface area contributed by atoms with Gasteiger partial charge in [0.2, 0.25) is 17.7 Å². The van der Waals surface area contributed by atoms with Crippen LogP contribution in [0.1, 0.15) is 55.3 Å². The highest BCUT2D eigenvalue weighted by atomic mass is 16.5. The van der Waals surface area contributed by atoms with Gasteiger partial charge in [-0.3, -0.25) is 9.59 Å². The van der Waals surface area contributed by atoms with Crippen LogP contribution in [0.5, 0.6) is 11.8 Å². The molecule has 4 rings (SSSR count). The summed E-state index contributed by atoms with van der Waals surface area (Å²) in [6, 6.07) is 3.46. The maximum absolute atomic E-state index is 13.3. The summed E-state index contributed by atoms with van der Waals surface area (Å²) in [5, 5.41) is 0. The second-order valence-electron chi connectivity index (χ2n) is 9.17. The molecule has 0 aromatic carbocycles. The maximum atomic E-state index is 13.3. The summed E-state index contributed by atoms with van der Waals surface area (Å²) in [6.07, 6.45) is 7.49. The number of amides is 2. The van der Waals surface area contributed by atoms with Gasteiger partial charge in [0, 0.05) is 44.2 Å². The second-order valence-corrected chi connectivity index (χ2v) is 9.17. The highest BCUT2D eigenvalue weighted by Gasteiger charge is 2.36. The highest BCUT2D eigenvalue weighted by Crippen LogP contribution is 2.31. The molecule has 1 unspecified atom stereocenters. The molecule has 32 heavy (non-hydrogen) atoms. The first-order chi connectivity index (χ1) is 15.6. The van der Waals surface area contributed by atoms with Crippen LogP contribution < -0.4 is 9.47 Å². The van der Waals surface area contributed by atoms with Crippen LogP contribution >= 0.6 is 0 Å². The van der Waals surface area contributed by atoms with Crippen LogP contribution in [0.3, 0.4) is 0 Å². The fourth-order valence-corrected chi connectivity index (χ4v) is 5.04. The lowest BCUT2D eigenvalue weighted by Crippen LogP contribution is -2.55. The van der Waals surface area contributed by atoms with E-state index in [1.165, 1.54) is 27.1 Å². The average Bonchev–Trinajstić information content (AvgIpc) is 3.31. The lowest BCUT2D eigenvalue weighted by atomic mass is 9.83. The predicted molar refractivity (Wildman–Crippen MR) is 121 cm³/mol. The van der Waals surface area contributed by atoms with Gasteiger partial charge in [0.1, 0.15) is 5.56 Å². The number of carbonyl (C=O) groups excluding carboxylic acids is 2. The molecule has 176 valence electrons. The van der Waals surface area contributed by atoms with Crippen molar-refractivity contribution in [3.63, 3.8) is 0 Å². The van der Waals surface area contributed by atoms with Crippen molar-refractivity contribution in [1.82, 2.24) is 19.7 Å². The Hall–Kier alpha value is -2.35. The largest absolute Gasteiger partial charge is 0.481 e. The van der Waals surface area contributed by atoms with Gasteiger partial charge >= 0.3 is 0 Å². The quantitative estimate of drug-likeness (QED) is 0.613. The number of rotatable bonds is 8. The molecule has 1 aliphatic carbocycles. The first kappa shape index (κ1) is 22.8. The monoisotopic (exact) mass is 444 g/mol. The number of ether oxygens (including phenoxy) is 2. The van der Waals surface area contributed by atoms with Gasteiger partial charge in [-0.1, -0.05) is 6.42 Å². The van der Waals surface area contributed by atoms with Crippen molar-refractivity contribution in [1.29, 1.82) is 0 Å². The number of hydrogen-bond donors (Lipinski definition) is 0. The highest BCUT2D eigenvalue weighted by molar-refractivity contribution is 5.96. The Balaban J connectivity index is 1.47. The van der Waals surface area contributed by atoms with Crippen molar-refractivity contribution in [3.05, 3.63) is 17.7 Å². The third-order valence-electron chi connectivity index (χ3n) is 7.19. The maximum Gasteiger partial charge on any atom is 0.259 e. The van der Waals surface area contributed by atoms with Gasteiger partial charge in [-0.2, -0.15) is 4.98 Å². The molecule has 1 aromatic rings. The minimum Gasteiger partial charge on any atom is -0.481 e. The summed E-state index contributed by atoms with van der Waals surface area (Å²) < 4.78 is 10.5. The first-order valence-corrected chi connectivity index (χ1v) is 12.0. The minimum absolute atomic E-state index is 0.0700. The van der Waals surface area contributed by atoms with Gasteiger partial charge in [0.15, 0.2) is 0 Å². The molecule has 0 N–H and O–H groups in total. The number of pyridine rings is 1. The number of likely N-dealkylation sites (tertiary alicyclic amines) is 2. The molecule has 3 fully saturated rings. The zero-order chi connectivity index (χ0) is 22.5. The van der Waals surface area contributed by atoms with E-state index in [1.807, 2.05) is 4.90 Å². The smallest absolute Gasteiger partial charge is 0.259 e. The van der Waals surface area contributed by atoms with E-state index < -0.39 is 0 Å². The zero-order valence-corrected chi connectivity index (χ0v) is 19.4. The molecule has 2 amide bonds. The number of piperidine rings is 1. The second kappa shape index (κ2) is 10.5. The number of hydrogen-bond acceptors (Lipinski definition) is 6. The molecule has 0 bridgehead atoms. The van der Waals surface area contributed by atoms with Crippen LogP contribution in [0.25, 0.3) is 0 Å². The number of nitrogens with zero attached hydrogens (tertiary/aromatic N) is 4. The molecular formula is C24H36N4O4. The van der Waals surface area contributed by atoms with Crippen LogP contribution in [0, 0.1) is 5.92 Å². The Kier molecular flexibility index (Phi) is 7.50. The lowest BCUT2D eigenvalue weighted by molar-refractivity contribution is -0.141. The van der Waals surface area contributed by atoms with E-state index in [-0.39, 0.29) is 23.7 Å². The molecular weight excluding hydrogens is 408 g/mol. The summed E-state index contributed by atoms with van der Waals surface area (Å²) >= 11 is 0. The molecule has 1 aromatic heterocycles. The summed E-state index contributed by atoms with van der Waals surface area (Å²) in [5.41, 5.74) is 0.433. The molecule has 8 heteroatoms. The van der Waals surface area contributed by atoms with Crippen LogP contribution in [0.15, 0.2) is 12.1 Å². The predicted octanol–water partition coefficient (Wildman–Crippen LogP) is 2.43. The molecule has 8 nitrogen and oxygen atoms in total. The molecule has 2 saturated heterocycles. The van der Waals surface area contributed by atoms with Crippen molar-refractivity contribution < 1.29 is 19.1 Å². The van der Waals surface area contributed by atoms with Crippen LogP contribution in [0.2, 0.25) is 0 Å². The summed E-state index contributed by atoms with van der Waals surface area (Å²) in [7, 11) is 3.04. The van der Waals surface area contributed by atoms with E-state index >= 15 is 0 Å². The lowest BCUT2D eigenvalue weighted by Gasteiger charge is -2.42. The molecule has 0 radical (unpaired) electrons. The van der Waals surface area contributed by atoms with E-state index in [2.05, 4.69) is 14.8 Å². The summed E-state index contributed by atoms with van der Waals surface area (Å²) in [5.74, 6) is 1.04. The molecule has 0 spiro atoms. The van der Waals surface area contributed by atoms with Crippen LogP contribution in [-0.2, 0) is 4.79 Å². The van der Waals surface area contributed by atoms with E-state index in [9.17, 15) is 9.59 Å². The van der Waals surface area contributed by atoms with Crippen molar-refractivity contribution in [2.75, 3.05) is 53.5 Å². The number of aromatic nitrogens is 1. The number of methoxy groups -OCH3 is 2. The van der Waals surface area contributed by atoms with Crippen molar-refractivity contribution in [3.8, 4) is 11.8 Å². The van der Waals surface area contributed by atoms with Crippen molar-refractivity contribution in [2.24, 2.45) is 5.92 Å². The third kappa shape index (κ3) is 5.00. The van der Waals surface area contributed by atoms with E-state index in [1.54, 1.807) is 12.1 Å². The van der Waals surface area contributed by atoms with Gasteiger partial charge in [0.05, 0.1) is 14.2 Å². The Morgan fingerprint density at radius 2 is 1.81 bits per heavy atom. The van der Waals surface area contributed by atoms with E-state index in [0.717, 1.165) is 58.3 Å². The fraction of sp³-hybridized carbons (Fsp3) is 0.708. The average molecular weight is 445 g/mol. The topological polar surface area (TPSA) is 75.2 Å². The van der Waals surface area contributed by atoms with Crippen LogP contribution in [-0.4, -0.2) is 91.0 Å². The fourth-order valence-electron chi connectivity index (χ4n) is 5.04. The molecule has 1 saturated carbocycles.